The molecule has 0 unspecified atom stereocenters. The van der Waals surface area contributed by atoms with Gasteiger partial charge in [-0.15, -0.1) is 11.3 Å². The minimum atomic E-state index is -0.0654. The number of ether oxygens (including phenoxy) is 1. The molecule has 1 aliphatic carbocycles. The largest absolute Gasteiger partial charge is 0.490 e. The average molecular weight is 378 g/mol. The molecular formula is C22H22N2O2S. The van der Waals surface area contributed by atoms with Crippen molar-refractivity contribution in [2.24, 2.45) is 0 Å². The van der Waals surface area contributed by atoms with Crippen LogP contribution in [0.15, 0.2) is 60.0 Å². The number of carbonyl (C=O) groups is 1. The van der Waals surface area contributed by atoms with Crippen LogP contribution in [0.5, 0.6) is 5.75 Å². The van der Waals surface area contributed by atoms with Gasteiger partial charge in [0.15, 0.2) is 0 Å². The Balaban J connectivity index is 1.32. The van der Waals surface area contributed by atoms with Crippen LogP contribution in [0.3, 0.4) is 0 Å². The van der Waals surface area contributed by atoms with Crippen molar-refractivity contribution in [3.05, 3.63) is 65.7 Å². The molecule has 1 fully saturated rings. The average Bonchev–Trinajstić information content (AvgIpc) is 3.36. The number of aromatic nitrogens is 1. The van der Waals surface area contributed by atoms with Crippen LogP contribution in [-0.4, -0.2) is 17.0 Å². The Morgan fingerprint density at radius 2 is 1.81 bits per heavy atom. The molecule has 0 bridgehead atoms. The van der Waals surface area contributed by atoms with Crippen LogP contribution in [0, 0.1) is 0 Å². The molecule has 0 radical (unpaired) electrons. The van der Waals surface area contributed by atoms with Gasteiger partial charge in [-0.05, 0) is 49.9 Å². The topological polar surface area (TPSA) is 51.2 Å². The fourth-order valence-corrected chi connectivity index (χ4v) is 4.11. The lowest BCUT2D eigenvalue weighted by Crippen LogP contribution is -2.14. The van der Waals surface area contributed by atoms with Gasteiger partial charge in [0.1, 0.15) is 10.8 Å². The van der Waals surface area contributed by atoms with E-state index >= 15 is 0 Å². The number of rotatable bonds is 6. The smallest absolute Gasteiger partial charge is 0.230 e. The first kappa shape index (κ1) is 17.7. The first-order valence-electron chi connectivity index (χ1n) is 9.33. The zero-order chi connectivity index (χ0) is 18.5. The van der Waals surface area contributed by atoms with Crippen molar-refractivity contribution in [2.75, 3.05) is 5.32 Å². The van der Waals surface area contributed by atoms with Gasteiger partial charge in [0.05, 0.1) is 18.2 Å². The molecule has 1 saturated carbocycles. The quantitative estimate of drug-likeness (QED) is 0.632. The summed E-state index contributed by atoms with van der Waals surface area (Å²) in [6, 6.07) is 17.6. The van der Waals surface area contributed by atoms with E-state index < -0.39 is 0 Å². The van der Waals surface area contributed by atoms with E-state index in [-0.39, 0.29) is 12.3 Å². The van der Waals surface area contributed by atoms with Crippen molar-refractivity contribution in [3.8, 4) is 16.3 Å². The monoisotopic (exact) mass is 378 g/mol. The maximum Gasteiger partial charge on any atom is 0.230 e. The highest BCUT2D eigenvalue weighted by Crippen LogP contribution is 2.26. The third kappa shape index (κ3) is 4.74. The molecule has 4 rings (SSSR count). The van der Waals surface area contributed by atoms with E-state index in [4.69, 9.17) is 4.74 Å². The van der Waals surface area contributed by atoms with Crippen LogP contribution >= 0.6 is 11.3 Å². The van der Waals surface area contributed by atoms with Crippen LogP contribution in [0.1, 0.15) is 31.4 Å². The van der Waals surface area contributed by atoms with Gasteiger partial charge in [0.2, 0.25) is 5.91 Å². The fourth-order valence-electron chi connectivity index (χ4n) is 3.29. The van der Waals surface area contributed by atoms with Crippen LogP contribution < -0.4 is 10.1 Å². The molecule has 5 heteroatoms. The number of thiazole rings is 1. The van der Waals surface area contributed by atoms with Crippen molar-refractivity contribution < 1.29 is 9.53 Å². The fraction of sp³-hybridized carbons (Fsp3) is 0.273. The molecule has 1 amide bonds. The van der Waals surface area contributed by atoms with Crippen LogP contribution in [-0.2, 0) is 11.2 Å². The number of nitrogens with zero attached hydrogens (tertiary/aromatic N) is 1. The standard InChI is InChI=1S/C22H22N2O2S/c25-21(14-18-15-27-22(24-18)16-6-2-1-3-7-16)23-17-10-12-20(13-11-17)26-19-8-4-5-9-19/h1-3,6-7,10-13,15,19H,4-5,8-9,14H2,(H,23,25). The Hall–Kier alpha value is -2.66. The SMILES string of the molecule is O=C(Cc1csc(-c2ccccc2)n1)Nc1ccc(OC2CCCC2)cc1. The number of hydrogen-bond acceptors (Lipinski definition) is 4. The number of anilines is 1. The van der Waals surface area contributed by atoms with Gasteiger partial charge in [0.25, 0.3) is 0 Å². The van der Waals surface area contributed by atoms with E-state index in [1.807, 2.05) is 60.0 Å². The summed E-state index contributed by atoms with van der Waals surface area (Å²) >= 11 is 1.56. The van der Waals surface area contributed by atoms with E-state index in [0.29, 0.717) is 6.10 Å². The van der Waals surface area contributed by atoms with Gasteiger partial charge >= 0.3 is 0 Å². The zero-order valence-corrected chi connectivity index (χ0v) is 15.9. The molecule has 138 valence electrons. The van der Waals surface area contributed by atoms with E-state index in [1.54, 1.807) is 11.3 Å². The maximum atomic E-state index is 12.3. The Morgan fingerprint density at radius 1 is 1.07 bits per heavy atom. The highest BCUT2D eigenvalue weighted by Gasteiger charge is 2.16. The van der Waals surface area contributed by atoms with Gasteiger partial charge in [-0.1, -0.05) is 30.3 Å². The van der Waals surface area contributed by atoms with E-state index in [2.05, 4.69) is 10.3 Å². The van der Waals surface area contributed by atoms with Gasteiger partial charge in [-0.2, -0.15) is 0 Å². The molecule has 0 saturated heterocycles. The summed E-state index contributed by atoms with van der Waals surface area (Å²) in [6.07, 6.45) is 5.38. The molecule has 0 atom stereocenters. The molecule has 1 heterocycles. The molecule has 4 nitrogen and oxygen atoms in total. The van der Waals surface area contributed by atoms with Crippen molar-refractivity contribution in [2.45, 2.75) is 38.2 Å². The highest BCUT2D eigenvalue weighted by molar-refractivity contribution is 7.13. The molecular weight excluding hydrogens is 356 g/mol. The Morgan fingerprint density at radius 3 is 2.56 bits per heavy atom. The van der Waals surface area contributed by atoms with Crippen LogP contribution in [0.4, 0.5) is 5.69 Å². The van der Waals surface area contributed by atoms with E-state index in [0.717, 1.165) is 40.5 Å². The predicted octanol–water partition coefficient (Wildman–Crippen LogP) is 5.31. The lowest BCUT2D eigenvalue weighted by Gasteiger charge is -2.13. The first-order chi connectivity index (χ1) is 13.3. The second-order valence-corrected chi connectivity index (χ2v) is 7.64. The summed E-state index contributed by atoms with van der Waals surface area (Å²) in [5.41, 5.74) is 2.64. The lowest BCUT2D eigenvalue weighted by atomic mass is 10.2. The van der Waals surface area contributed by atoms with Gasteiger partial charge in [-0.25, -0.2) is 4.98 Å². The first-order valence-corrected chi connectivity index (χ1v) is 10.2. The lowest BCUT2D eigenvalue weighted by molar-refractivity contribution is -0.115. The molecule has 1 aliphatic rings. The van der Waals surface area contributed by atoms with Gasteiger partial charge < -0.3 is 10.1 Å². The second kappa shape index (κ2) is 8.35. The zero-order valence-electron chi connectivity index (χ0n) is 15.1. The van der Waals surface area contributed by atoms with Crippen molar-refractivity contribution in [1.82, 2.24) is 4.98 Å². The summed E-state index contributed by atoms with van der Waals surface area (Å²) in [7, 11) is 0. The number of benzene rings is 2. The van der Waals surface area contributed by atoms with Gasteiger partial charge in [0, 0.05) is 16.6 Å². The Kier molecular flexibility index (Phi) is 5.49. The molecule has 2 aromatic carbocycles. The Labute approximate surface area is 163 Å². The normalized spacial score (nSPS) is 14.2. The third-order valence-electron chi connectivity index (χ3n) is 4.66. The predicted molar refractivity (Wildman–Crippen MR) is 109 cm³/mol. The summed E-state index contributed by atoms with van der Waals surface area (Å²) < 4.78 is 5.95. The van der Waals surface area contributed by atoms with Crippen LogP contribution in [0.2, 0.25) is 0 Å². The van der Waals surface area contributed by atoms with Crippen molar-refractivity contribution >= 4 is 22.9 Å². The number of hydrogen-bond donors (Lipinski definition) is 1. The summed E-state index contributed by atoms with van der Waals surface area (Å²) in [5.74, 6) is 0.802. The second-order valence-electron chi connectivity index (χ2n) is 6.78. The minimum Gasteiger partial charge on any atom is -0.490 e. The molecule has 27 heavy (non-hydrogen) atoms. The highest BCUT2D eigenvalue weighted by atomic mass is 32.1. The number of carbonyl (C=O) groups excluding carboxylic acids is 1. The summed E-state index contributed by atoms with van der Waals surface area (Å²) in [5, 5.41) is 5.81. The number of amides is 1. The molecule has 0 spiro atoms. The molecule has 0 aliphatic heterocycles. The molecule has 1 aromatic heterocycles. The van der Waals surface area contributed by atoms with E-state index in [9.17, 15) is 4.79 Å². The van der Waals surface area contributed by atoms with E-state index in [1.165, 1.54) is 12.8 Å². The third-order valence-corrected chi connectivity index (χ3v) is 5.60. The van der Waals surface area contributed by atoms with Crippen molar-refractivity contribution in [3.63, 3.8) is 0 Å². The number of nitrogens with one attached hydrogen (secondary N) is 1. The maximum absolute atomic E-state index is 12.3. The summed E-state index contributed by atoms with van der Waals surface area (Å²) in [4.78, 5) is 16.9. The molecule has 1 N–H and O–H groups in total. The van der Waals surface area contributed by atoms with Crippen LogP contribution in [0.25, 0.3) is 10.6 Å². The Bertz CT molecular complexity index is 884. The summed E-state index contributed by atoms with van der Waals surface area (Å²) in [6.45, 7) is 0. The van der Waals surface area contributed by atoms with Crippen molar-refractivity contribution in [1.29, 1.82) is 0 Å². The molecule has 3 aromatic rings. The van der Waals surface area contributed by atoms with Gasteiger partial charge in [-0.3, -0.25) is 4.79 Å². The minimum absolute atomic E-state index is 0.0654.